The van der Waals surface area contributed by atoms with Gasteiger partial charge in [0.15, 0.2) is 0 Å². The Hall–Kier alpha value is -2.08. The van der Waals surface area contributed by atoms with E-state index in [-0.39, 0.29) is 30.3 Å². The number of hydrogen-bond donors (Lipinski definition) is 1. The van der Waals surface area contributed by atoms with Crippen molar-refractivity contribution < 1.29 is 19.1 Å². The Morgan fingerprint density at radius 1 is 1.36 bits per heavy atom. The highest BCUT2D eigenvalue weighted by Crippen LogP contribution is 2.35. The Morgan fingerprint density at radius 3 is 2.92 bits per heavy atom. The standard InChI is InChI=1S/C19H26N2O4/c1-19(2)12-21(15-7-4-8-16(15)25-19)17(22)9-10-24-14-6-3-5-13(11-14)18(20)23/h3,5-6,11,15-16H,4,7-10,12H2,1-2H3,(H2,20,23)/t15-,16-/m1/s1. The second kappa shape index (κ2) is 7.04. The Kier molecular flexibility index (Phi) is 4.99. The molecule has 1 aliphatic heterocycles. The lowest BCUT2D eigenvalue weighted by atomic mass is 10.0. The summed E-state index contributed by atoms with van der Waals surface area (Å²) in [5.41, 5.74) is 5.35. The van der Waals surface area contributed by atoms with Gasteiger partial charge in [0, 0.05) is 12.1 Å². The van der Waals surface area contributed by atoms with E-state index in [2.05, 4.69) is 0 Å². The SMILES string of the molecule is CC1(C)CN(C(=O)CCOc2cccc(C(N)=O)c2)[C@@H]2CCC[C@H]2O1. The van der Waals surface area contributed by atoms with Crippen molar-refractivity contribution in [3.63, 3.8) is 0 Å². The number of ether oxygens (including phenoxy) is 2. The summed E-state index contributed by atoms with van der Waals surface area (Å²) in [5, 5.41) is 0. The molecule has 0 unspecified atom stereocenters. The molecule has 2 fully saturated rings. The summed E-state index contributed by atoms with van der Waals surface area (Å²) < 4.78 is 11.8. The summed E-state index contributed by atoms with van der Waals surface area (Å²) in [4.78, 5) is 25.9. The zero-order chi connectivity index (χ0) is 18.0. The average molecular weight is 346 g/mol. The van der Waals surface area contributed by atoms with Gasteiger partial charge in [-0.15, -0.1) is 0 Å². The molecule has 1 aliphatic carbocycles. The van der Waals surface area contributed by atoms with E-state index in [9.17, 15) is 9.59 Å². The van der Waals surface area contributed by atoms with E-state index in [1.807, 2.05) is 18.7 Å². The summed E-state index contributed by atoms with van der Waals surface area (Å²) in [6.07, 6.45) is 3.59. The van der Waals surface area contributed by atoms with Gasteiger partial charge in [0.2, 0.25) is 11.8 Å². The molecule has 0 radical (unpaired) electrons. The highest BCUT2D eigenvalue weighted by Gasteiger charge is 2.44. The number of hydrogen-bond acceptors (Lipinski definition) is 4. The molecule has 0 bridgehead atoms. The van der Waals surface area contributed by atoms with Gasteiger partial charge in [-0.25, -0.2) is 0 Å². The molecule has 2 aliphatic rings. The molecule has 2 N–H and O–H groups in total. The number of benzene rings is 1. The summed E-state index contributed by atoms with van der Waals surface area (Å²) in [5.74, 6) is 0.147. The molecule has 136 valence electrons. The first kappa shape index (κ1) is 17.7. The smallest absolute Gasteiger partial charge is 0.248 e. The third-order valence-electron chi connectivity index (χ3n) is 4.86. The minimum absolute atomic E-state index is 0.0966. The number of nitrogens with two attached hydrogens (primary N) is 1. The van der Waals surface area contributed by atoms with Crippen molar-refractivity contribution in [1.29, 1.82) is 0 Å². The molecule has 25 heavy (non-hydrogen) atoms. The summed E-state index contributed by atoms with van der Waals surface area (Å²) in [6.45, 7) is 4.96. The van der Waals surface area contributed by atoms with Gasteiger partial charge in [-0.3, -0.25) is 9.59 Å². The Labute approximate surface area is 148 Å². The Balaban J connectivity index is 1.57. The molecule has 2 atom stereocenters. The fraction of sp³-hybridized carbons (Fsp3) is 0.579. The highest BCUT2D eigenvalue weighted by molar-refractivity contribution is 5.93. The number of primary amides is 1. The van der Waals surface area contributed by atoms with E-state index in [0.29, 0.717) is 24.3 Å². The zero-order valence-electron chi connectivity index (χ0n) is 14.9. The molecule has 1 aromatic rings. The number of nitrogens with zero attached hydrogens (tertiary/aromatic N) is 1. The number of rotatable bonds is 5. The number of morpholine rings is 1. The molecule has 6 nitrogen and oxygen atoms in total. The molecule has 1 aromatic carbocycles. The van der Waals surface area contributed by atoms with Crippen LogP contribution in [0.5, 0.6) is 5.75 Å². The van der Waals surface area contributed by atoms with Gasteiger partial charge in [-0.2, -0.15) is 0 Å². The monoisotopic (exact) mass is 346 g/mol. The fourth-order valence-corrected chi connectivity index (χ4v) is 3.79. The topological polar surface area (TPSA) is 81.9 Å². The van der Waals surface area contributed by atoms with Crippen molar-refractivity contribution in [2.24, 2.45) is 5.73 Å². The van der Waals surface area contributed by atoms with Gasteiger partial charge >= 0.3 is 0 Å². The van der Waals surface area contributed by atoms with Crippen molar-refractivity contribution in [1.82, 2.24) is 4.90 Å². The zero-order valence-corrected chi connectivity index (χ0v) is 14.9. The predicted molar refractivity (Wildman–Crippen MR) is 93.4 cm³/mol. The van der Waals surface area contributed by atoms with Crippen LogP contribution in [0.2, 0.25) is 0 Å². The first-order valence-corrected chi connectivity index (χ1v) is 8.86. The largest absolute Gasteiger partial charge is 0.493 e. The number of amides is 2. The normalized spacial score (nSPS) is 24.6. The summed E-state index contributed by atoms with van der Waals surface area (Å²) in [7, 11) is 0. The first-order valence-electron chi connectivity index (χ1n) is 8.86. The molecule has 2 amide bonds. The van der Waals surface area contributed by atoms with Gasteiger partial charge in [-0.1, -0.05) is 6.07 Å². The quantitative estimate of drug-likeness (QED) is 0.885. The van der Waals surface area contributed by atoms with Crippen LogP contribution < -0.4 is 10.5 Å². The van der Waals surface area contributed by atoms with Crippen molar-refractivity contribution in [3.05, 3.63) is 29.8 Å². The minimum atomic E-state index is -0.496. The van der Waals surface area contributed by atoms with E-state index in [4.69, 9.17) is 15.2 Å². The molecule has 6 heteroatoms. The van der Waals surface area contributed by atoms with Crippen LogP contribution >= 0.6 is 0 Å². The van der Waals surface area contributed by atoms with Crippen LogP contribution in [0, 0.1) is 0 Å². The molecule has 0 spiro atoms. The van der Waals surface area contributed by atoms with E-state index in [1.54, 1.807) is 24.3 Å². The lowest BCUT2D eigenvalue weighted by Gasteiger charge is -2.46. The van der Waals surface area contributed by atoms with Crippen LogP contribution in [-0.2, 0) is 9.53 Å². The predicted octanol–water partition coefficient (Wildman–Crippen LogP) is 2.11. The molecular formula is C19H26N2O4. The van der Waals surface area contributed by atoms with Crippen LogP contribution in [0.1, 0.15) is 49.9 Å². The fourth-order valence-electron chi connectivity index (χ4n) is 3.79. The van der Waals surface area contributed by atoms with Gasteiger partial charge < -0.3 is 20.1 Å². The van der Waals surface area contributed by atoms with E-state index in [0.717, 1.165) is 19.3 Å². The Bertz CT molecular complexity index is 659. The van der Waals surface area contributed by atoms with Gasteiger partial charge in [0.1, 0.15) is 5.75 Å². The maximum absolute atomic E-state index is 12.7. The first-order chi connectivity index (χ1) is 11.9. The number of carbonyl (C=O) groups excluding carboxylic acids is 2. The Morgan fingerprint density at radius 2 is 2.16 bits per heavy atom. The third kappa shape index (κ3) is 4.12. The van der Waals surface area contributed by atoms with E-state index < -0.39 is 5.91 Å². The average Bonchev–Trinajstić information content (AvgIpc) is 3.01. The third-order valence-corrected chi connectivity index (χ3v) is 4.86. The molecule has 0 aromatic heterocycles. The van der Waals surface area contributed by atoms with Crippen LogP contribution in [0.15, 0.2) is 24.3 Å². The van der Waals surface area contributed by atoms with Crippen LogP contribution in [0.25, 0.3) is 0 Å². The second-order valence-electron chi connectivity index (χ2n) is 7.43. The van der Waals surface area contributed by atoms with Gasteiger partial charge in [0.25, 0.3) is 0 Å². The van der Waals surface area contributed by atoms with E-state index >= 15 is 0 Å². The van der Waals surface area contributed by atoms with Crippen molar-refractivity contribution in [2.45, 2.75) is 57.3 Å². The van der Waals surface area contributed by atoms with Crippen LogP contribution in [0.4, 0.5) is 0 Å². The molecular weight excluding hydrogens is 320 g/mol. The highest BCUT2D eigenvalue weighted by atomic mass is 16.5. The molecule has 1 heterocycles. The summed E-state index contributed by atoms with van der Waals surface area (Å²) >= 11 is 0. The van der Waals surface area contributed by atoms with Crippen molar-refractivity contribution in [2.75, 3.05) is 13.2 Å². The molecule has 1 saturated heterocycles. The summed E-state index contributed by atoms with van der Waals surface area (Å²) in [6, 6.07) is 6.89. The van der Waals surface area contributed by atoms with Gasteiger partial charge in [-0.05, 0) is 51.3 Å². The van der Waals surface area contributed by atoms with E-state index in [1.165, 1.54) is 0 Å². The van der Waals surface area contributed by atoms with Gasteiger partial charge in [0.05, 0.1) is 30.8 Å². The minimum Gasteiger partial charge on any atom is -0.493 e. The lowest BCUT2D eigenvalue weighted by Crippen LogP contribution is -2.58. The molecule has 3 rings (SSSR count). The number of carbonyl (C=O) groups is 2. The maximum Gasteiger partial charge on any atom is 0.248 e. The van der Waals surface area contributed by atoms with Crippen LogP contribution in [0.3, 0.4) is 0 Å². The number of fused-ring (bicyclic) bond motifs is 1. The van der Waals surface area contributed by atoms with Crippen LogP contribution in [-0.4, -0.2) is 47.6 Å². The maximum atomic E-state index is 12.7. The lowest BCUT2D eigenvalue weighted by molar-refractivity contribution is -0.172. The second-order valence-corrected chi connectivity index (χ2v) is 7.43. The van der Waals surface area contributed by atoms with Crippen molar-refractivity contribution >= 4 is 11.8 Å². The van der Waals surface area contributed by atoms with Crippen molar-refractivity contribution in [3.8, 4) is 5.75 Å². The molecule has 1 saturated carbocycles.